The zero-order chi connectivity index (χ0) is 20.4. The molecule has 1 aliphatic heterocycles. The summed E-state index contributed by atoms with van der Waals surface area (Å²) in [4.78, 5) is 20.9. The second kappa shape index (κ2) is 7.83. The predicted octanol–water partition coefficient (Wildman–Crippen LogP) is 3.22. The van der Waals surface area contributed by atoms with Crippen molar-refractivity contribution in [3.8, 4) is 5.75 Å². The molecule has 0 spiro atoms. The number of nitrogens with zero attached hydrogens (tertiary/aromatic N) is 4. The lowest BCUT2D eigenvalue weighted by atomic mass is 9.89. The number of benzene rings is 1. The number of amides is 1. The van der Waals surface area contributed by atoms with E-state index in [2.05, 4.69) is 29.0 Å². The third-order valence-corrected chi connectivity index (χ3v) is 5.50. The summed E-state index contributed by atoms with van der Waals surface area (Å²) in [6, 6.07) is 9.38. The quantitative estimate of drug-likeness (QED) is 0.639. The van der Waals surface area contributed by atoms with E-state index in [1.807, 2.05) is 31.3 Å². The van der Waals surface area contributed by atoms with Crippen LogP contribution in [0, 0.1) is 5.41 Å². The van der Waals surface area contributed by atoms with Crippen molar-refractivity contribution in [2.75, 3.05) is 33.7 Å². The number of carbonyl (C=O) groups excluding carboxylic acids is 1. The summed E-state index contributed by atoms with van der Waals surface area (Å²) in [5.41, 5.74) is 0.418. The smallest absolute Gasteiger partial charge is 0.275 e. The summed E-state index contributed by atoms with van der Waals surface area (Å²) in [6.07, 6.45) is 4.62. The fourth-order valence-corrected chi connectivity index (χ4v) is 4.09. The monoisotopic (exact) mass is 394 g/mol. The van der Waals surface area contributed by atoms with E-state index in [0.29, 0.717) is 18.0 Å². The van der Waals surface area contributed by atoms with Crippen LogP contribution in [0.3, 0.4) is 0 Å². The number of aromatic nitrogens is 2. The lowest BCUT2D eigenvalue weighted by Gasteiger charge is -2.29. The van der Waals surface area contributed by atoms with Gasteiger partial charge in [0.25, 0.3) is 5.91 Å². The number of likely N-dealkylation sites (tertiary alicyclic amines) is 1. The van der Waals surface area contributed by atoms with E-state index in [-0.39, 0.29) is 17.9 Å². The minimum atomic E-state index is -0.132. The van der Waals surface area contributed by atoms with E-state index < -0.39 is 0 Å². The molecule has 3 heterocycles. The highest BCUT2D eigenvalue weighted by molar-refractivity contribution is 5.92. The minimum Gasteiger partial charge on any atom is -0.485 e. The highest BCUT2D eigenvalue weighted by Crippen LogP contribution is 2.30. The van der Waals surface area contributed by atoms with Crippen molar-refractivity contribution in [2.45, 2.75) is 20.0 Å². The van der Waals surface area contributed by atoms with Gasteiger partial charge in [-0.05, 0) is 37.6 Å². The zero-order valence-electron chi connectivity index (χ0n) is 17.1. The molecule has 3 aromatic rings. The Labute approximate surface area is 170 Å². The topological polar surface area (TPSA) is 71.7 Å². The standard InChI is InChI=1S/C22H26N4O3/c1-22(8-10-25(2)14-22)15-26(3)21(27)19-11-17(29-24-19)13-28-20-6-4-5-16-12-23-9-7-18(16)20/h4-7,9,11-12H,8,10,13-15H2,1-3H3. The Morgan fingerprint density at radius 2 is 2.24 bits per heavy atom. The summed E-state index contributed by atoms with van der Waals surface area (Å²) >= 11 is 0. The summed E-state index contributed by atoms with van der Waals surface area (Å²) in [6.45, 7) is 5.17. The molecule has 152 valence electrons. The Balaban J connectivity index is 1.39. The normalized spacial score (nSPS) is 19.6. The molecule has 0 radical (unpaired) electrons. The molecule has 7 nitrogen and oxygen atoms in total. The summed E-state index contributed by atoms with van der Waals surface area (Å²) in [7, 11) is 3.93. The molecule has 0 saturated carbocycles. The number of carbonyl (C=O) groups is 1. The molecule has 1 saturated heterocycles. The maximum atomic E-state index is 12.8. The van der Waals surface area contributed by atoms with Crippen LogP contribution in [-0.2, 0) is 6.61 Å². The largest absolute Gasteiger partial charge is 0.485 e. The predicted molar refractivity (Wildman–Crippen MR) is 110 cm³/mol. The first-order valence-corrected chi connectivity index (χ1v) is 9.79. The molecule has 0 bridgehead atoms. The minimum absolute atomic E-state index is 0.109. The maximum Gasteiger partial charge on any atom is 0.275 e. The molecular formula is C22H26N4O3. The van der Waals surface area contributed by atoms with Crippen LogP contribution in [0.5, 0.6) is 5.75 Å². The van der Waals surface area contributed by atoms with Gasteiger partial charge in [-0.15, -0.1) is 0 Å². The van der Waals surface area contributed by atoms with Crippen LogP contribution in [0.1, 0.15) is 29.6 Å². The van der Waals surface area contributed by atoms with E-state index >= 15 is 0 Å². The number of ether oxygens (including phenoxy) is 1. The second-order valence-corrected chi connectivity index (χ2v) is 8.28. The Hall–Kier alpha value is -2.93. The van der Waals surface area contributed by atoms with Gasteiger partial charge in [-0.1, -0.05) is 24.2 Å². The molecule has 1 fully saturated rings. The van der Waals surface area contributed by atoms with Crippen LogP contribution in [0.25, 0.3) is 10.8 Å². The first-order valence-electron chi connectivity index (χ1n) is 9.79. The molecule has 2 aromatic heterocycles. The van der Waals surface area contributed by atoms with Gasteiger partial charge in [0.1, 0.15) is 12.4 Å². The fourth-order valence-electron chi connectivity index (χ4n) is 4.09. The highest BCUT2D eigenvalue weighted by atomic mass is 16.5. The van der Waals surface area contributed by atoms with Gasteiger partial charge >= 0.3 is 0 Å². The van der Waals surface area contributed by atoms with Crippen molar-refractivity contribution in [1.82, 2.24) is 19.9 Å². The summed E-state index contributed by atoms with van der Waals surface area (Å²) in [5.74, 6) is 1.12. The van der Waals surface area contributed by atoms with Crippen LogP contribution in [-0.4, -0.2) is 59.6 Å². The lowest BCUT2D eigenvalue weighted by Crippen LogP contribution is -2.38. The van der Waals surface area contributed by atoms with Crippen LogP contribution < -0.4 is 4.74 Å². The summed E-state index contributed by atoms with van der Waals surface area (Å²) < 4.78 is 11.2. The average molecular weight is 394 g/mol. The third-order valence-electron chi connectivity index (χ3n) is 5.50. The van der Waals surface area contributed by atoms with E-state index in [1.165, 1.54) is 0 Å². The van der Waals surface area contributed by atoms with E-state index in [0.717, 1.165) is 36.0 Å². The SMILES string of the molecule is CN1CCC(C)(CN(C)C(=O)c2cc(COc3cccc4cnccc34)on2)C1. The van der Waals surface area contributed by atoms with Crippen molar-refractivity contribution in [1.29, 1.82) is 0 Å². The average Bonchev–Trinajstić information content (AvgIpc) is 3.32. The maximum absolute atomic E-state index is 12.8. The second-order valence-electron chi connectivity index (χ2n) is 8.28. The van der Waals surface area contributed by atoms with E-state index in [1.54, 1.807) is 23.4 Å². The van der Waals surface area contributed by atoms with Crippen LogP contribution in [0.2, 0.25) is 0 Å². The van der Waals surface area contributed by atoms with Crippen LogP contribution >= 0.6 is 0 Å². The first kappa shape index (κ1) is 19.4. The van der Waals surface area contributed by atoms with Gasteiger partial charge in [0.15, 0.2) is 11.5 Å². The molecule has 1 aliphatic rings. The van der Waals surface area contributed by atoms with Gasteiger partial charge in [-0.3, -0.25) is 9.78 Å². The number of hydrogen-bond donors (Lipinski definition) is 0. The molecular weight excluding hydrogens is 368 g/mol. The third kappa shape index (κ3) is 4.24. The Kier molecular flexibility index (Phi) is 5.24. The van der Waals surface area contributed by atoms with Gasteiger partial charge in [0, 0.05) is 49.4 Å². The Bertz CT molecular complexity index is 1010. The van der Waals surface area contributed by atoms with Crippen molar-refractivity contribution in [2.24, 2.45) is 5.41 Å². The Morgan fingerprint density at radius 3 is 3.03 bits per heavy atom. The van der Waals surface area contributed by atoms with Gasteiger partial charge in [-0.25, -0.2) is 0 Å². The number of pyridine rings is 1. The van der Waals surface area contributed by atoms with Gasteiger partial charge < -0.3 is 19.1 Å². The van der Waals surface area contributed by atoms with Crippen molar-refractivity contribution >= 4 is 16.7 Å². The molecule has 1 unspecified atom stereocenters. The van der Waals surface area contributed by atoms with Crippen molar-refractivity contribution in [3.63, 3.8) is 0 Å². The number of hydrogen-bond acceptors (Lipinski definition) is 6. The van der Waals surface area contributed by atoms with E-state index in [4.69, 9.17) is 9.26 Å². The van der Waals surface area contributed by atoms with Crippen molar-refractivity contribution in [3.05, 3.63) is 54.2 Å². The molecule has 1 atom stereocenters. The molecule has 1 amide bonds. The summed E-state index contributed by atoms with van der Waals surface area (Å²) in [5, 5.41) is 5.94. The molecule has 29 heavy (non-hydrogen) atoms. The van der Waals surface area contributed by atoms with Crippen molar-refractivity contribution < 1.29 is 14.1 Å². The Morgan fingerprint density at radius 1 is 1.38 bits per heavy atom. The molecule has 0 aliphatic carbocycles. The van der Waals surface area contributed by atoms with Crippen LogP contribution in [0.15, 0.2) is 47.2 Å². The van der Waals surface area contributed by atoms with E-state index in [9.17, 15) is 4.79 Å². The molecule has 1 aromatic carbocycles. The number of fused-ring (bicyclic) bond motifs is 1. The van der Waals surface area contributed by atoms with Gasteiger partial charge in [0.2, 0.25) is 0 Å². The fraction of sp³-hybridized carbons (Fsp3) is 0.409. The van der Waals surface area contributed by atoms with Gasteiger partial charge in [-0.2, -0.15) is 0 Å². The first-order chi connectivity index (χ1) is 13.9. The highest BCUT2D eigenvalue weighted by Gasteiger charge is 2.34. The lowest BCUT2D eigenvalue weighted by molar-refractivity contribution is 0.0719. The molecule has 0 N–H and O–H groups in total. The van der Waals surface area contributed by atoms with Crippen LogP contribution in [0.4, 0.5) is 0 Å². The van der Waals surface area contributed by atoms with Gasteiger partial charge in [0.05, 0.1) is 0 Å². The molecule has 7 heteroatoms. The zero-order valence-corrected chi connectivity index (χ0v) is 17.1. The number of rotatable bonds is 6. The molecule has 4 rings (SSSR count).